The van der Waals surface area contributed by atoms with Crippen molar-refractivity contribution in [1.82, 2.24) is 4.31 Å². The summed E-state index contributed by atoms with van der Waals surface area (Å²) in [5.74, 6) is 0.0987. The Hall–Kier alpha value is -2.82. The van der Waals surface area contributed by atoms with Crippen LogP contribution in [0, 0.1) is 5.92 Å². The van der Waals surface area contributed by atoms with E-state index in [4.69, 9.17) is 21.1 Å². The number of ether oxygens (including phenoxy) is 2. The van der Waals surface area contributed by atoms with E-state index in [-0.39, 0.29) is 42.3 Å². The number of anilines is 2. The fourth-order valence-corrected chi connectivity index (χ4v) is 5.47. The number of hydrogen-bond acceptors (Lipinski definition) is 6. The van der Waals surface area contributed by atoms with Gasteiger partial charge in [-0.3, -0.25) is 9.59 Å². The van der Waals surface area contributed by atoms with Crippen LogP contribution in [0.3, 0.4) is 0 Å². The van der Waals surface area contributed by atoms with Crippen LogP contribution in [-0.4, -0.2) is 51.3 Å². The predicted octanol–water partition coefficient (Wildman–Crippen LogP) is 2.72. The van der Waals surface area contributed by atoms with E-state index >= 15 is 0 Å². The molecule has 4 rings (SSSR count). The molecule has 2 heterocycles. The van der Waals surface area contributed by atoms with Gasteiger partial charge in [0, 0.05) is 24.7 Å². The smallest absolute Gasteiger partial charge is 0.262 e. The van der Waals surface area contributed by atoms with Crippen molar-refractivity contribution in [3.8, 4) is 11.5 Å². The van der Waals surface area contributed by atoms with Crippen molar-refractivity contribution >= 4 is 44.8 Å². The molecule has 0 radical (unpaired) electrons. The molecule has 0 spiro atoms. The van der Waals surface area contributed by atoms with Gasteiger partial charge in [-0.1, -0.05) is 11.6 Å². The molecular weight excluding hydrogens is 458 g/mol. The van der Waals surface area contributed by atoms with Crippen molar-refractivity contribution < 1.29 is 27.5 Å². The molecule has 2 aromatic carbocycles. The maximum absolute atomic E-state index is 13.1. The topological polar surface area (TPSA) is 114 Å². The van der Waals surface area contributed by atoms with Gasteiger partial charge in [0.15, 0.2) is 6.61 Å². The Bertz CT molecular complexity index is 1160. The van der Waals surface area contributed by atoms with Crippen molar-refractivity contribution in [1.29, 1.82) is 0 Å². The summed E-state index contributed by atoms with van der Waals surface area (Å²) in [4.78, 5) is 24.2. The summed E-state index contributed by atoms with van der Waals surface area (Å²) in [6, 6.07) is 9.35. The van der Waals surface area contributed by atoms with Gasteiger partial charge in [0.1, 0.15) is 11.5 Å². The fraction of sp³-hybridized carbons (Fsp3) is 0.333. The number of nitrogens with zero attached hydrogens (tertiary/aromatic N) is 1. The summed E-state index contributed by atoms with van der Waals surface area (Å²) >= 11 is 6.10. The zero-order valence-electron chi connectivity index (χ0n) is 17.3. The number of rotatable bonds is 5. The molecule has 0 aliphatic carbocycles. The second kappa shape index (κ2) is 8.97. The van der Waals surface area contributed by atoms with Gasteiger partial charge in [0.05, 0.1) is 22.7 Å². The molecule has 2 aromatic rings. The minimum Gasteiger partial charge on any atom is -0.495 e. The highest BCUT2D eigenvalue weighted by atomic mass is 35.5. The van der Waals surface area contributed by atoms with E-state index in [1.165, 1.54) is 29.6 Å². The van der Waals surface area contributed by atoms with Crippen LogP contribution in [0.25, 0.3) is 0 Å². The molecule has 2 amide bonds. The molecule has 0 aromatic heterocycles. The Labute approximate surface area is 190 Å². The maximum atomic E-state index is 13.1. The summed E-state index contributed by atoms with van der Waals surface area (Å²) in [7, 11) is -2.26. The number of carbonyl (C=O) groups excluding carboxylic acids is 2. The number of sulfonamides is 1. The number of amides is 2. The van der Waals surface area contributed by atoms with Crippen molar-refractivity contribution in [2.75, 3.05) is 37.4 Å². The van der Waals surface area contributed by atoms with Crippen molar-refractivity contribution in [3.63, 3.8) is 0 Å². The normalized spacial score (nSPS) is 17.1. The van der Waals surface area contributed by atoms with Crippen molar-refractivity contribution in [2.24, 2.45) is 5.92 Å². The van der Waals surface area contributed by atoms with Crippen LogP contribution < -0.4 is 20.1 Å². The second-order valence-electron chi connectivity index (χ2n) is 7.51. The first kappa shape index (κ1) is 22.4. The maximum Gasteiger partial charge on any atom is 0.262 e. The van der Waals surface area contributed by atoms with Crippen LogP contribution in [-0.2, 0) is 19.6 Å². The van der Waals surface area contributed by atoms with Crippen LogP contribution in [0.2, 0.25) is 5.02 Å². The Kier molecular flexibility index (Phi) is 6.27. The van der Waals surface area contributed by atoms with E-state index in [0.717, 1.165) is 0 Å². The van der Waals surface area contributed by atoms with Crippen LogP contribution in [0.4, 0.5) is 11.4 Å². The molecule has 0 bridgehead atoms. The number of fused-ring (bicyclic) bond motifs is 1. The molecule has 170 valence electrons. The number of piperidine rings is 1. The molecular formula is C21H22ClN3O6S. The van der Waals surface area contributed by atoms with Gasteiger partial charge in [-0.15, -0.1) is 0 Å². The van der Waals surface area contributed by atoms with E-state index in [2.05, 4.69) is 10.6 Å². The lowest BCUT2D eigenvalue weighted by molar-refractivity contribution is -0.121. The third-order valence-corrected chi connectivity index (χ3v) is 7.66. The lowest BCUT2D eigenvalue weighted by atomic mass is 9.97. The SMILES string of the molecule is COc1ccc(NC(=O)C2CCN(S(=O)(=O)c3ccc4c(c3)NC(=O)CO4)CC2)cc1Cl. The van der Waals surface area contributed by atoms with E-state index < -0.39 is 10.0 Å². The average molecular weight is 480 g/mol. The lowest BCUT2D eigenvalue weighted by Gasteiger charge is -2.31. The van der Waals surface area contributed by atoms with Gasteiger partial charge in [-0.2, -0.15) is 4.31 Å². The number of benzene rings is 2. The second-order valence-corrected chi connectivity index (χ2v) is 9.86. The minimum absolute atomic E-state index is 0.0674. The minimum atomic E-state index is -3.77. The molecule has 2 aliphatic heterocycles. The highest BCUT2D eigenvalue weighted by Crippen LogP contribution is 2.33. The molecule has 32 heavy (non-hydrogen) atoms. The first-order chi connectivity index (χ1) is 15.3. The van der Waals surface area contributed by atoms with E-state index in [1.807, 2.05) is 0 Å². The highest BCUT2D eigenvalue weighted by Gasteiger charge is 2.33. The molecule has 2 aliphatic rings. The first-order valence-corrected chi connectivity index (χ1v) is 11.8. The van der Waals surface area contributed by atoms with Gasteiger partial charge in [0.2, 0.25) is 15.9 Å². The number of halogens is 1. The summed E-state index contributed by atoms with van der Waals surface area (Å²) in [6.45, 7) is 0.324. The molecule has 9 nitrogen and oxygen atoms in total. The van der Waals surface area contributed by atoms with Crippen LogP contribution in [0.1, 0.15) is 12.8 Å². The van der Waals surface area contributed by atoms with Crippen molar-refractivity contribution in [3.05, 3.63) is 41.4 Å². The summed E-state index contributed by atoms with van der Waals surface area (Å²) in [5.41, 5.74) is 0.879. The third kappa shape index (κ3) is 4.52. The Morgan fingerprint density at radius 2 is 1.97 bits per heavy atom. The summed E-state index contributed by atoms with van der Waals surface area (Å²) < 4.78 is 37.9. The Morgan fingerprint density at radius 3 is 2.66 bits per heavy atom. The zero-order valence-corrected chi connectivity index (χ0v) is 18.8. The van der Waals surface area contributed by atoms with E-state index in [9.17, 15) is 18.0 Å². The average Bonchev–Trinajstić information content (AvgIpc) is 2.78. The third-order valence-electron chi connectivity index (χ3n) is 5.47. The molecule has 0 saturated carbocycles. The number of carbonyl (C=O) groups is 2. The predicted molar refractivity (Wildman–Crippen MR) is 119 cm³/mol. The molecule has 1 saturated heterocycles. The molecule has 0 atom stereocenters. The van der Waals surface area contributed by atoms with E-state index in [1.54, 1.807) is 18.2 Å². The first-order valence-electron chi connectivity index (χ1n) is 9.99. The molecule has 1 fully saturated rings. The number of hydrogen-bond donors (Lipinski definition) is 2. The molecule has 0 unspecified atom stereocenters. The standard InChI is InChI=1S/C21H22ClN3O6S/c1-30-18-4-2-14(10-16(18)22)23-21(27)13-6-8-25(9-7-13)32(28,29)15-3-5-19-17(11-15)24-20(26)12-31-19/h2-5,10-11,13H,6-9,12H2,1H3,(H,23,27)(H,24,26). The Morgan fingerprint density at radius 1 is 1.22 bits per heavy atom. The molecule has 2 N–H and O–H groups in total. The van der Waals surface area contributed by atoms with Gasteiger partial charge in [-0.25, -0.2) is 8.42 Å². The Balaban J connectivity index is 1.39. The van der Waals surface area contributed by atoms with Gasteiger partial charge >= 0.3 is 0 Å². The largest absolute Gasteiger partial charge is 0.495 e. The highest BCUT2D eigenvalue weighted by molar-refractivity contribution is 7.89. The number of methoxy groups -OCH3 is 1. The summed E-state index contributed by atoms with van der Waals surface area (Å²) in [5, 5.41) is 5.83. The quantitative estimate of drug-likeness (QED) is 0.681. The van der Waals surface area contributed by atoms with Gasteiger partial charge in [-0.05, 0) is 49.2 Å². The van der Waals surface area contributed by atoms with Crippen LogP contribution >= 0.6 is 11.6 Å². The van der Waals surface area contributed by atoms with E-state index in [0.29, 0.717) is 40.7 Å². The van der Waals surface area contributed by atoms with Gasteiger partial charge in [0.25, 0.3) is 5.91 Å². The zero-order chi connectivity index (χ0) is 22.9. The van der Waals surface area contributed by atoms with Crippen LogP contribution in [0.5, 0.6) is 11.5 Å². The number of nitrogens with one attached hydrogen (secondary N) is 2. The van der Waals surface area contributed by atoms with Gasteiger partial charge < -0.3 is 20.1 Å². The van der Waals surface area contributed by atoms with Crippen LogP contribution in [0.15, 0.2) is 41.3 Å². The van der Waals surface area contributed by atoms with Crippen molar-refractivity contribution in [2.45, 2.75) is 17.7 Å². The fourth-order valence-electron chi connectivity index (χ4n) is 3.72. The lowest BCUT2D eigenvalue weighted by Crippen LogP contribution is -2.41. The summed E-state index contributed by atoms with van der Waals surface area (Å²) in [6.07, 6.45) is 0.777. The molecule has 11 heteroatoms. The monoisotopic (exact) mass is 479 g/mol.